The molecule has 0 bridgehead atoms. The fraction of sp³-hybridized carbons (Fsp3) is 0.494. The highest BCUT2D eigenvalue weighted by molar-refractivity contribution is 7.94. The smallest absolute Gasteiger partial charge is 0.453 e. The summed E-state index contributed by atoms with van der Waals surface area (Å²) in [6.45, 7) is 16.4. The molecule has 4 aromatic rings. The molecule has 0 unspecified atom stereocenters. The molecule has 0 atom stereocenters. The summed E-state index contributed by atoms with van der Waals surface area (Å²) in [5.74, 6) is -7.57. The van der Waals surface area contributed by atoms with Crippen molar-refractivity contribution in [3.8, 4) is 0 Å². The molecule has 2 amide bonds. The summed E-state index contributed by atoms with van der Waals surface area (Å²) >= 11 is 1.61. The van der Waals surface area contributed by atoms with Crippen LogP contribution >= 0.6 is 24.1 Å². The number of carboxylic acid groups (broad SMARTS) is 2. The number of carbonyl (C=O) groups is 6. The standard InChI is InChI=1S/C87H106F8N6O23S3/c1-58-32-36-67-63(52-58)80(2,3)71(26-15-10-16-27-72-81(4,5)64-53-60(125-123-121-110)33-37-68(64)99(72)43-21-13-19-31-77(105)106)98(67)42-20-12-14-24-59(102)25-22-44-115-48-49-116-45-23-30-75(103)84(88,89)119-86(92,93)87(94,95)120-85(90,91)79(109)97-41-47-118-51-50-117-46-40-96-76(104)56-100-69-38-34-61(126-124-122-111)54-65(69)82(6,7)73(100)28-17-11-18-29-74-83(8,9)66-55-62(127(112,113)114)35-39-70(66)101(74)57-78(107)108/h10-11,15-18,26-29,32-39,52-55H,12-14,19-25,30-31,40-51,56-57H2,1-9H3,(H5-2,96,97,104,105,106,107,108,109,110,111,112,113,114)/p+2. The molecule has 7 N–H and O–H groups in total. The van der Waals surface area contributed by atoms with Crippen LogP contribution in [0.1, 0.15) is 160 Å². The summed E-state index contributed by atoms with van der Waals surface area (Å²) in [5, 5.41) is 48.2. The molecule has 29 nitrogen and oxygen atoms in total. The van der Waals surface area contributed by atoms with E-state index in [1.54, 1.807) is 67.0 Å². The number of hydrogen-bond acceptors (Lipinski definition) is 24. The molecule has 0 saturated carbocycles. The van der Waals surface area contributed by atoms with Gasteiger partial charge < -0.3 is 49.6 Å². The Kier molecular flexibility index (Phi) is 37.5. The van der Waals surface area contributed by atoms with Crippen LogP contribution in [0.5, 0.6) is 0 Å². The third-order valence-corrected chi connectivity index (χ3v) is 23.6. The first kappa shape index (κ1) is 103. The quantitative estimate of drug-likeness (QED) is 0.00315. The van der Waals surface area contributed by atoms with Crippen LogP contribution in [0.15, 0.2) is 160 Å². The Hall–Kier alpha value is -8.95. The zero-order chi connectivity index (χ0) is 93.4. The molecule has 0 radical (unpaired) electrons. The number of rotatable bonds is 56. The molecule has 8 rings (SSSR count). The second-order valence-electron chi connectivity index (χ2n) is 32.2. The number of Topliss-reactive ketones (excluding diaryl/α,β-unsaturated/α-hetero) is 2. The molecule has 696 valence electrons. The van der Waals surface area contributed by atoms with Gasteiger partial charge in [0.2, 0.25) is 23.7 Å². The van der Waals surface area contributed by atoms with Gasteiger partial charge in [-0.05, 0) is 145 Å². The minimum atomic E-state index is -6.63. The number of ether oxygens (including phenoxy) is 6. The molecule has 4 aromatic carbocycles. The number of alkyl halides is 8. The maximum Gasteiger partial charge on any atom is 0.453 e. The van der Waals surface area contributed by atoms with Crippen LogP contribution in [0, 0.1) is 6.92 Å². The Balaban J connectivity index is 0.683. The van der Waals surface area contributed by atoms with Crippen molar-refractivity contribution in [2.45, 2.75) is 200 Å². The minimum Gasteiger partial charge on any atom is -0.481 e. The fourth-order valence-electron chi connectivity index (χ4n) is 15.3. The zero-order valence-electron chi connectivity index (χ0n) is 71.7. The molecule has 0 aromatic heterocycles. The van der Waals surface area contributed by atoms with E-state index in [-0.39, 0.29) is 81.7 Å². The highest BCUT2D eigenvalue weighted by Gasteiger charge is 2.69. The number of unbranched alkanes of at least 4 members (excludes halogenated alkanes) is 4. The summed E-state index contributed by atoms with van der Waals surface area (Å²) in [7, 11) is -4.58. The lowest BCUT2D eigenvalue weighted by Crippen LogP contribution is -2.56. The molecule has 127 heavy (non-hydrogen) atoms. The van der Waals surface area contributed by atoms with Crippen molar-refractivity contribution in [3.63, 3.8) is 0 Å². The molecule has 4 aliphatic heterocycles. The molecule has 4 heterocycles. The Morgan fingerprint density at radius 3 is 1.53 bits per heavy atom. The Bertz CT molecular complexity index is 4960. The monoisotopic (exact) mass is 1850 g/mol. The van der Waals surface area contributed by atoms with Gasteiger partial charge >= 0.3 is 42.3 Å². The maximum atomic E-state index is 14.5. The first-order chi connectivity index (χ1) is 59.8. The predicted molar refractivity (Wildman–Crippen MR) is 453 cm³/mol. The van der Waals surface area contributed by atoms with Crippen molar-refractivity contribution in [1.82, 2.24) is 10.6 Å². The number of aliphatic carboxylic acids is 2. The lowest BCUT2D eigenvalue weighted by atomic mass is 9.81. The molecule has 0 saturated heterocycles. The first-order valence-corrected chi connectivity index (χ1v) is 43.8. The van der Waals surface area contributed by atoms with Gasteiger partial charge in [0.05, 0.1) is 79.5 Å². The molecule has 4 aliphatic rings. The van der Waals surface area contributed by atoms with Crippen molar-refractivity contribution in [3.05, 3.63) is 173 Å². The highest BCUT2D eigenvalue weighted by Crippen LogP contribution is 2.52. The zero-order valence-corrected chi connectivity index (χ0v) is 74.2. The van der Waals surface area contributed by atoms with Gasteiger partial charge in [-0.3, -0.25) is 33.3 Å². The second kappa shape index (κ2) is 46.0. The van der Waals surface area contributed by atoms with E-state index in [0.29, 0.717) is 72.0 Å². The number of hydrogen-bond donors (Lipinski definition) is 7. The number of allylic oxidation sites excluding steroid dienone is 12. The molecule has 0 fully saturated rings. The summed E-state index contributed by atoms with van der Waals surface area (Å²) in [5.41, 5.74) is 8.72. The average Bonchev–Trinajstić information content (AvgIpc) is 1.58. The number of anilines is 2. The molecule has 0 aliphatic carbocycles. The first-order valence-electron chi connectivity index (χ1n) is 40.9. The summed E-state index contributed by atoms with van der Waals surface area (Å²) < 4.78 is 190. The van der Waals surface area contributed by atoms with E-state index in [1.165, 1.54) is 34.0 Å². The van der Waals surface area contributed by atoms with Crippen molar-refractivity contribution in [2.75, 3.05) is 102 Å². The van der Waals surface area contributed by atoms with Gasteiger partial charge in [0.15, 0.2) is 11.4 Å². The van der Waals surface area contributed by atoms with E-state index in [2.05, 4.69) is 104 Å². The topological polar surface area (TPSA) is 367 Å². The number of nitrogens with zero attached hydrogens (tertiary/aromatic N) is 4. The van der Waals surface area contributed by atoms with Crippen LogP contribution in [0.3, 0.4) is 0 Å². The lowest BCUT2D eigenvalue weighted by Gasteiger charge is -2.30. The van der Waals surface area contributed by atoms with Gasteiger partial charge in [-0.25, -0.2) is 20.0 Å². The number of amides is 2. The molecular weight excluding hydrogens is 1750 g/mol. The van der Waals surface area contributed by atoms with E-state index in [4.69, 9.17) is 33.8 Å². The number of nitrogens with one attached hydrogen (secondary N) is 2. The van der Waals surface area contributed by atoms with Gasteiger partial charge in [-0.2, -0.15) is 52.7 Å². The van der Waals surface area contributed by atoms with Gasteiger partial charge in [0.1, 0.15) is 18.9 Å². The van der Waals surface area contributed by atoms with Crippen molar-refractivity contribution in [1.29, 1.82) is 0 Å². The van der Waals surface area contributed by atoms with E-state index in [0.717, 1.165) is 94.1 Å². The fourth-order valence-corrected chi connectivity index (χ4v) is 16.6. The lowest BCUT2D eigenvalue weighted by molar-refractivity contribution is -0.499. The maximum absolute atomic E-state index is 14.5. The summed E-state index contributed by atoms with van der Waals surface area (Å²) in [6, 6.07) is 21.4. The number of halogens is 8. The minimum absolute atomic E-state index is 0.0284. The number of fused-ring (bicyclic) bond motifs is 4. The predicted octanol–water partition coefficient (Wildman–Crippen LogP) is 15.8. The third-order valence-electron chi connectivity index (χ3n) is 21.6. The van der Waals surface area contributed by atoms with Crippen LogP contribution in [0.25, 0.3) is 0 Å². The number of carboxylic acids is 2. The van der Waals surface area contributed by atoms with E-state index in [9.17, 15) is 87.1 Å². The van der Waals surface area contributed by atoms with E-state index < -0.39 is 119 Å². The van der Waals surface area contributed by atoms with Crippen LogP contribution in [-0.2, 0) is 108 Å². The Morgan fingerprint density at radius 2 is 0.976 bits per heavy atom. The Labute approximate surface area is 739 Å². The van der Waals surface area contributed by atoms with Crippen LogP contribution in [-0.4, -0.2) is 206 Å². The van der Waals surface area contributed by atoms with E-state index in [1.807, 2.05) is 50.3 Å². The van der Waals surface area contributed by atoms with Crippen LogP contribution in [0.4, 0.5) is 57.9 Å². The molecular formula is C87H108F8N6O23S3+2. The number of aryl methyl sites for hydroxylation is 1. The number of carbonyl (C=O) groups excluding carboxylic acids is 4. The van der Waals surface area contributed by atoms with Gasteiger partial charge in [-0.15, -0.1) is 8.67 Å². The number of benzene rings is 4. The van der Waals surface area contributed by atoms with Crippen molar-refractivity contribution < 1.29 is 154 Å². The molecule has 40 heteroatoms. The second-order valence-corrected chi connectivity index (χ2v) is 35.2. The Morgan fingerprint density at radius 1 is 0.496 bits per heavy atom. The highest BCUT2D eigenvalue weighted by atomic mass is 32.2. The van der Waals surface area contributed by atoms with Gasteiger partial charge in [-0.1, -0.05) is 98.3 Å². The van der Waals surface area contributed by atoms with Crippen LogP contribution in [0.2, 0.25) is 0 Å². The summed E-state index contributed by atoms with van der Waals surface area (Å²) in [6.07, 6.45) is -2.35. The van der Waals surface area contributed by atoms with E-state index >= 15 is 0 Å². The summed E-state index contributed by atoms with van der Waals surface area (Å²) in [4.78, 5) is 78.6. The van der Waals surface area contributed by atoms with Crippen molar-refractivity contribution in [2.24, 2.45) is 0 Å². The molecule has 0 spiro atoms. The van der Waals surface area contributed by atoms with Gasteiger partial charge in [0.25, 0.3) is 16.0 Å². The van der Waals surface area contributed by atoms with Crippen LogP contribution < -0.4 is 20.4 Å². The number of ketones is 2. The SMILES string of the molecule is Cc1ccc2c(c1)C(C)(C)/C(=C/C=C/C=C/C1=[N+](CCCCCC(=O)O)c3ccc(SOOO)cc3C1(C)C)N2CCCCCC(=O)CCCOCCOCCCC(=O)C(F)(F)OC(F)(F)C(F)(F)OC(F)(F)C(=O)NCCOCCOCCNC(=O)C[N+]1=C(C=CC=CC=C2N(CC(=O)O)c3ccc(S(=O)(=O)O)cc3C2(C)C)C(C)(C)c2cc(SOOO)ccc21. The van der Waals surface area contributed by atoms with Gasteiger partial charge in [0, 0.05) is 144 Å². The largest absolute Gasteiger partial charge is 0.481 e. The third kappa shape index (κ3) is 27.8. The average molecular weight is 1850 g/mol. The normalized spacial score (nSPS) is 16.7. The van der Waals surface area contributed by atoms with Crippen molar-refractivity contribution >= 4 is 104 Å².